The number of unbranched alkanes of at least 4 members (excludes halogenated alkanes) is 1. The van der Waals surface area contributed by atoms with Gasteiger partial charge in [-0.25, -0.2) is 0 Å². The van der Waals surface area contributed by atoms with Crippen molar-refractivity contribution in [3.8, 4) is 0 Å². The first-order valence-corrected chi connectivity index (χ1v) is 10.0. The Hall–Kier alpha value is -1.95. The van der Waals surface area contributed by atoms with Gasteiger partial charge >= 0.3 is 5.97 Å². The van der Waals surface area contributed by atoms with Crippen LogP contribution in [0.3, 0.4) is 0 Å². The van der Waals surface area contributed by atoms with Crippen LogP contribution in [0.4, 0.5) is 0 Å². The predicted octanol–water partition coefficient (Wildman–Crippen LogP) is 3.78. The predicted molar refractivity (Wildman–Crippen MR) is 114 cm³/mol. The van der Waals surface area contributed by atoms with Crippen molar-refractivity contribution in [2.45, 2.75) is 64.1 Å². The molecule has 0 bridgehead atoms. The molecule has 5 nitrogen and oxygen atoms in total. The van der Waals surface area contributed by atoms with Crippen LogP contribution in [-0.4, -0.2) is 46.7 Å². The molecule has 158 valence electrons. The minimum atomic E-state index is -0.998. The molecule has 3 N–H and O–H groups in total. The quantitative estimate of drug-likeness (QED) is 0.161. The fraction of sp³-hybridized carbons (Fsp3) is 0.522. The van der Waals surface area contributed by atoms with Crippen LogP contribution in [0.1, 0.15) is 51.9 Å². The van der Waals surface area contributed by atoms with Gasteiger partial charge in [0.2, 0.25) is 0 Å². The first-order chi connectivity index (χ1) is 13.6. The first kappa shape index (κ1) is 26.1. The maximum atomic E-state index is 11.4. The summed E-state index contributed by atoms with van der Waals surface area (Å²) in [6.45, 7) is 1.48. The number of esters is 1. The monoisotopic (exact) mass is 392 g/mol. The Morgan fingerprint density at radius 1 is 0.964 bits per heavy atom. The molecule has 0 radical (unpaired) electrons. The molecule has 0 aromatic rings. The van der Waals surface area contributed by atoms with Crippen molar-refractivity contribution in [3.05, 3.63) is 60.8 Å². The summed E-state index contributed by atoms with van der Waals surface area (Å²) in [6.07, 6.45) is 23.7. The fourth-order valence-electron chi connectivity index (χ4n) is 2.07. The van der Waals surface area contributed by atoms with Crippen molar-refractivity contribution in [2.75, 3.05) is 13.2 Å². The number of hydrogen-bond acceptors (Lipinski definition) is 5. The summed E-state index contributed by atoms with van der Waals surface area (Å²) in [5.41, 5.74) is 0. The highest BCUT2D eigenvalue weighted by Gasteiger charge is 2.06. The number of carbonyl (C=O) groups excluding carboxylic acids is 1. The van der Waals surface area contributed by atoms with Crippen molar-refractivity contribution < 1.29 is 24.9 Å². The lowest BCUT2D eigenvalue weighted by Crippen LogP contribution is -2.21. The second kappa shape index (κ2) is 19.8. The lowest BCUT2D eigenvalue weighted by atomic mass is 10.2. The van der Waals surface area contributed by atoms with Crippen LogP contribution >= 0.6 is 0 Å². The molecule has 0 saturated heterocycles. The van der Waals surface area contributed by atoms with Gasteiger partial charge in [0, 0.05) is 6.42 Å². The van der Waals surface area contributed by atoms with Gasteiger partial charge in [0.15, 0.2) is 0 Å². The number of aliphatic hydroxyl groups excluding tert-OH is 3. The Morgan fingerprint density at radius 2 is 1.64 bits per heavy atom. The van der Waals surface area contributed by atoms with Gasteiger partial charge in [-0.15, -0.1) is 0 Å². The Kier molecular flexibility index (Phi) is 18.4. The molecule has 0 spiro atoms. The number of rotatable bonds is 16. The molecule has 0 heterocycles. The van der Waals surface area contributed by atoms with Crippen LogP contribution in [0.15, 0.2) is 60.8 Å². The van der Waals surface area contributed by atoms with Crippen LogP contribution < -0.4 is 0 Å². The maximum Gasteiger partial charge on any atom is 0.305 e. The number of carbonyl (C=O) groups is 1. The Bertz CT molecular complexity index is 517. The summed E-state index contributed by atoms with van der Waals surface area (Å²) in [4.78, 5) is 11.4. The smallest absolute Gasteiger partial charge is 0.305 e. The van der Waals surface area contributed by atoms with Crippen LogP contribution in [-0.2, 0) is 9.53 Å². The molecule has 0 amide bonds. The molecule has 0 saturated carbocycles. The van der Waals surface area contributed by atoms with Gasteiger partial charge in [0.05, 0.1) is 12.7 Å². The van der Waals surface area contributed by atoms with E-state index in [0.717, 1.165) is 25.7 Å². The van der Waals surface area contributed by atoms with Crippen LogP contribution in [0.25, 0.3) is 0 Å². The van der Waals surface area contributed by atoms with Crippen LogP contribution in [0.2, 0.25) is 0 Å². The fourth-order valence-corrected chi connectivity index (χ4v) is 2.07. The zero-order valence-electron chi connectivity index (χ0n) is 17.0. The molecule has 2 atom stereocenters. The zero-order valence-corrected chi connectivity index (χ0v) is 17.0. The molecule has 0 aromatic heterocycles. The summed E-state index contributed by atoms with van der Waals surface area (Å²) >= 11 is 0. The molecule has 1 unspecified atom stereocenters. The molecule has 0 aliphatic rings. The third-order valence-corrected chi connectivity index (χ3v) is 3.63. The van der Waals surface area contributed by atoms with E-state index in [1.165, 1.54) is 0 Å². The topological polar surface area (TPSA) is 87.0 Å². The maximum absolute atomic E-state index is 11.4. The van der Waals surface area contributed by atoms with Crippen molar-refractivity contribution in [1.82, 2.24) is 0 Å². The summed E-state index contributed by atoms with van der Waals surface area (Å²) in [5, 5.41) is 27.3. The van der Waals surface area contributed by atoms with Crippen LogP contribution in [0.5, 0.6) is 0 Å². The number of hydrogen-bond donors (Lipinski definition) is 3. The minimum Gasteiger partial charge on any atom is -0.463 e. The molecule has 0 fully saturated rings. The van der Waals surface area contributed by atoms with Crippen LogP contribution in [0, 0.1) is 0 Å². The van der Waals surface area contributed by atoms with Gasteiger partial charge in [-0.3, -0.25) is 4.79 Å². The van der Waals surface area contributed by atoms with Crippen molar-refractivity contribution in [1.29, 1.82) is 0 Å². The van der Waals surface area contributed by atoms with Gasteiger partial charge < -0.3 is 20.1 Å². The van der Waals surface area contributed by atoms with E-state index in [1.807, 2.05) is 43.4 Å². The van der Waals surface area contributed by atoms with E-state index in [0.29, 0.717) is 19.3 Å². The summed E-state index contributed by atoms with van der Waals surface area (Å²) < 4.78 is 4.82. The average Bonchev–Trinajstić information content (AvgIpc) is 2.70. The van der Waals surface area contributed by atoms with E-state index in [2.05, 4.69) is 24.3 Å². The standard InChI is InChI=1S/C23H36O5/c1-2-3-16-21(25)17-14-12-10-8-6-4-5-7-9-11-13-15-18-23(27)28-20-22(26)19-24/h3-5,8-12,14,16,21-22,24-26H,2,6-7,13,15,17-20H2,1H3/b5-4-,10-8-,11-9-,14-12+,16-3-/t21?,22-/m0/s1. The second-order valence-electron chi connectivity index (χ2n) is 6.32. The zero-order chi connectivity index (χ0) is 20.9. The van der Waals surface area contributed by atoms with E-state index < -0.39 is 18.8 Å². The molecule has 0 aliphatic carbocycles. The lowest BCUT2D eigenvalue weighted by molar-refractivity contribution is -0.147. The second-order valence-corrected chi connectivity index (χ2v) is 6.32. The molecule has 0 aromatic carbocycles. The number of ether oxygens (including phenoxy) is 1. The number of aliphatic hydroxyl groups is 3. The van der Waals surface area contributed by atoms with Gasteiger partial charge in [-0.05, 0) is 38.5 Å². The molecular formula is C23H36O5. The first-order valence-electron chi connectivity index (χ1n) is 10.0. The van der Waals surface area contributed by atoms with E-state index in [-0.39, 0.29) is 12.6 Å². The molecule has 28 heavy (non-hydrogen) atoms. The molecule has 0 rings (SSSR count). The van der Waals surface area contributed by atoms with Crippen molar-refractivity contribution >= 4 is 5.97 Å². The Labute approximate surface area is 169 Å². The normalized spacial score (nSPS) is 14.9. The number of allylic oxidation sites excluding steroid dienone is 8. The van der Waals surface area contributed by atoms with Gasteiger partial charge in [-0.1, -0.05) is 67.7 Å². The third kappa shape index (κ3) is 18.8. The summed E-state index contributed by atoms with van der Waals surface area (Å²) in [5.74, 6) is -0.353. The molecule has 0 aliphatic heterocycles. The van der Waals surface area contributed by atoms with Crippen molar-refractivity contribution in [2.24, 2.45) is 0 Å². The summed E-state index contributed by atoms with van der Waals surface area (Å²) in [7, 11) is 0. The minimum absolute atomic E-state index is 0.154. The highest BCUT2D eigenvalue weighted by Crippen LogP contribution is 2.01. The largest absolute Gasteiger partial charge is 0.463 e. The van der Waals surface area contributed by atoms with Gasteiger partial charge in [0.25, 0.3) is 0 Å². The molecular weight excluding hydrogens is 356 g/mol. The Morgan fingerprint density at radius 3 is 2.36 bits per heavy atom. The van der Waals surface area contributed by atoms with E-state index in [9.17, 15) is 9.90 Å². The van der Waals surface area contributed by atoms with Crippen molar-refractivity contribution in [3.63, 3.8) is 0 Å². The molecule has 5 heteroatoms. The van der Waals surface area contributed by atoms with E-state index in [4.69, 9.17) is 14.9 Å². The highest BCUT2D eigenvalue weighted by atomic mass is 16.5. The van der Waals surface area contributed by atoms with E-state index in [1.54, 1.807) is 0 Å². The Balaban J connectivity index is 3.63. The van der Waals surface area contributed by atoms with Gasteiger partial charge in [0.1, 0.15) is 12.7 Å². The SMILES string of the molecule is CC/C=C\C(O)C/C=C/C=C\C/C=C\C/C=C\CCCC(=O)OC[C@@H](O)CO. The van der Waals surface area contributed by atoms with E-state index >= 15 is 0 Å². The summed E-state index contributed by atoms with van der Waals surface area (Å²) in [6, 6.07) is 0. The lowest BCUT2D eigenvalue weighted by Gasteiger charge is -2.07. The third-order valence-electron chi connectivity index (χ3n) is 3.63. The average molecular weight is 393 g/mol. The van der Waals surface area contributed by atoms with Gasteiger partial charge in [-0.2, -0.15) is 0 Å². The highest BCUT2D eigenvalue weighted by molar-refractivity contribution is 5.69.